The summed E-state index contributed by atoms with van der Waals surface area (Å²) in [5, 5.41) is 43.3. The summed E-state index contributed by atoms with van der Waals surface area (Å²) in [6.07, 6.45) is 1.37. The third-order valence-corrected chi connectivity index (χ3v) is 4.07. The first-order chi connectivity index (χ1) is 14.0. The number of nitro benzene ring substituents is 1. The molecule has 29 heavy (non-hydrogen) atoms. The SMILES string of the molecule is N#C/C(=C\c1ccc(-c2ccccc2[N+](=O)[O-])o1)c1nn(CCO)c(N)c1C#N. The van der Waals surface area contributed by atoms with Gasteiger partial charge in [-0.2, -0.15) is 15.6 Å². The Labute approximate surface area is 164 Å². The van der Waals surface area contributed by atoms with Crippen molar-refractivity contribution in [1.29, 1.82) is 10.5 Å². The first kappa shape index (κ1) is 19.4. The molecule has 144 valence electrons. The Morgan fingerprint density at radius 1 is 1.34 bits per heavy atom. The molecule has 3 rings (SSSR count). The summed E-state index contributed by atoms with van der Waals surface area (Å²) in [5.41, 5.74) is 6.13. The standard InChI is InChI=1S/C19H14N6O4/c20-10-12(18-15(11-21)19(22)24(23-18)7-8-26)9-13-5-6-17(29-13)14-3-1-2-4-16(14)25(27)28/h1-6,9,26H,7-8,22H2/b12-9+. The van der Waals surface area contributed by atoms with Crippen molar-refractivity contribution in [3.63, 3.8) is 0 Å². The highest BCUT2D eigenvalue weighted by molar-refractivity contribution is 5.90. The Morgan fingerprint density at radius 2 is 2.10 bits per heavy atom. The summed E-state index contributed by atoms with van der Waals surface area (Å²) in [4.78, 5) is 10.7. The van der Waals surface area contributed by atoms with Crippen molar-refractivity contribution in [2.24, 2.45) is 0 Å². The molecule has 10 nitrogen and oxygen atoms in total. The van der Waals surface area contributed by atoms with Crippen LogP contribution in [0.15, 0.2) is 40.8 Å². The van der Waals surface area contributed by atoms with Crippen molar-refractivity contribution in [2.75, 3.05) is 12.3 Å². The molecule has 2 aromatic heterocycles. The van der Waals surface area contributed by atoms with Crippen molar-refractivity contribution in [3.05, 3.63) is 63.5 Å². The fourth-order valence-corrected chi connectivity index (χ4v) is 2.75. The first-order valence-corrected chi connectivity index (χ1v) is 8.33. The predicted octanol–water partition coefficient (Wildman–Crippen LogP) is 2.56. The smallest absolute Gasteiger partial charge is 0.280 e. The largest absolute Gasteiger partial charge is 0.456 e. The number of furan rings is 1. The maximum Gasteiger partial charge on any atom is 0.280 e. The van der Waals surface area contributed by atoms with Crippen LogP contribution in [0.2, 0.25) is 0 Å². The van der Waals surface area contributed by atoms with Crippen LogP contribution >= 0.6 is 0 Å². The number of aliphatic hydroxyl groups excluding tert-OH is 1. The van der Waals surface area contributed by atoms with Crippen LogP contribution in [0.5, 0.6) is 0 Å². The number of anilines is 1. The van der Waals surface area contributed by atoms with Crippen LogP contribution in [-0.4, -0.2) is 26.4 Å². The Balaban J connectivity index is 2.04. The number of aliphatic hydroxyl groups is 1. The molecule has 0 saturated carbocycles. The second kappa shape index (κ2) is 8.08. The van der Waals surface area contributed by atoms with Gasteiger partial charge in [-0.25, -0.2) is 4.68 Å². The van der Waals surface area contributed by atoms with Crippen LogP contribution in [0.3, 0.4) is 0 Å². The molecule has 0 aliphatic carbocycles. The molecule has 0 radical (unpaired) electrons. The molecule has 0 aliphatic heterocycles. The van der Waals surface area contributed by atoms with Crippen LogP contribution in [0.25, 0.3) is 23.0 Å². The first-order valence-electron chi connectivity index (χ1n) is 8.33. The Kier molecular flexibility index (Phi) is 5.39. The van der Waals surface area contributed by atoms with Gasteiger partial charge in [-0.3, -0.25) is 10.1 Å². The van der Waals surface area contributed by atoms with E-state index in [9.17, 15) is 20.6 Å². The number of nitriles is 2. The highest BCUT2D eigenvalue weighted by atomic mass is 16.6. The van der Waals surface area contributed by atoms with Gasteiger partial charge in [0.1, 0.15) is 40.7 Å². The zero-order valence-electron chi connectivity index (χ0n) is 14.9. The summed E-state index contributed by atoms with van der Waals surface area (Å²) in [6, 6.07) is 13.1. The number of nitro groups is 1. The molecule has 10 heteroatoms. The highest BCUT2D eigenvalue weighted by Crippen LogP contribution is 2.32. The summed E-state index contributed by atoms with van der Waals surface area (Å²) in [5.74, 6) is 0.540. The van der Waals surface area contributed by atoms with Crippen LogP contribution < -0.4 is 5.73 Å². The fraction of sp³-hybridized carbons (Fsp3) is 0.105. The average molecular weight is 390 g/mol. The van der Waals surface area contributed by atoms with Gasteiger partial charge in [0.2, 0.25) is 0 Å². The minimum Gasteiger partial charge on any atom is -0.456 e. The normalized spacial score (nSPS) is 11.1. The van der Waals surface area contributed by atoms with Crippen molar-refractivity contribution >= 4 is 23.2 Å². The van der Waals surface area contributed by atoms with E-state index < -0.39 is 4.92 Å². The molecule has 0 unspecified atom stereocenters. The number of nitrogens with zero attached hydrogens (tertiary/aromatic N) is 5. The number of rotatable bonds is 6. The third-order valence-electron chi connectivity index (χ3n) is 4.07. The predicted molar refractivity (Wildman–Crippen MR) is 103 cm³/mol. The molecule has 1 aromatic carbocycles. The number of nitrogen functional groups attached to an aromatic ring is 1. The summed E-state index contributed by atoms with van der Waals surface area (Å²) in [7, 11) is 0. The van der Waals surface area contributed by atoms with Gasteiger partial charge in [-0.15, -0.1) is 0 Å². The molecule has 0 spiro atoms. The van der Waals surface area contributed by atoms with Crippen molar-refractivity contribution < 1.29 is 14.4 Å². The highest BCUT2D eigenvalue weighted by Gasteiger charge is 2.20. The number of benzene rings is 1. The van der Waals surface area contributed by atoms with Gasteiger partial charge in [-0.05, 0) is 18.2 Å². The minimum atomic E-state index is -0.510. The lowest BCUT2D eigenvalue weighted by atomic mass is 10.1. The summed E-state index contributed by atoms with van der Waals surface area (Å²) in [6.45, 7) is -0.166. The van der Waals surface area contributed by atoms with E-state index >= 15 is 0 Å². The van der Waals surface area contributed by atoms with Crippen molar-refractivity contribution in [1.82, 2.24) is 9.78 Å². The van der Waals surface area contributed by atoms with Crippen LogP contribution in [0.1, 0.15) is 17.0 Å². The number of aromatic nitrogens is 2. The van der Waals surface area contributed by atoms with Gasteiger partial charge >= 0.3 is 0 Å². The maximum atomic E-state index is 11.2. The molecule has 0 bridgehead atoms. The van der Waals surface area contributed by atoms with E-state index in [1.807, 2.05) is 12.1 Å². The van der Waals surface area contributed by atoms with E-state index in [0.717, 1.165) is 0 Å². The van der Waals surface area contributed by atoms with E-state index in [1.165, 1.54) is 16.8 Å². The van der Waals surface area contributed by atoms with Gasteiger partial charge in [0.25, 0.3) is 5.69 Å². The average Bonchev–Trinajstić information content (AvgIpc) is 3.31. The topological polar surface area (TPSA) is 168 Å². The van der Waals surface area contributed by atoms with Crippen LogP contribution in [0, 0.1) is 32.8 Å². The molecule has 0 aliphatic rings. The molecule has 3 N–H and O–H groups in total. The van der Waals surface area contributed by atoms with E-state index in [4.69, 9.17) is 15.3 Å². The third kappa shape index (κ3) is 3.69. The molecule has 2 heterocycles. The van der Waals surface area contributed by atoms with Gasteiger partial charge in [-0.1, -0.05) is 12.1 Å². The second-order valence-corrected chi connectivity index (χ2v) is 5.81. The molecule has 0 atom stereocenters. The Morgan fingerprint density at radius 3 is 2.76 bits per heavy atom. The fourth-order valence-electron chi connectivity index (χ4n) is 2.75. The van der Waals surface area contributed by atoms with Crippen molar-refractivity contribution in [3.8, 4) is 23.5 Å². The van der Waals surface area contributed by atoms with Gasteiger partial charge < -0.3 is 15.3 Å². The van der Waals surface area contributed by atoms with Crippen LogP contribution in [-0.2, 0) is 6.54 Å². The summed E-state index contributed by atoms with van der Waals surface area (Å²) >= 11 is 0. The zero-order chi connectivity index (χ0) is 21.0. The monoisotopic (exact) mass is 390 g/mol. The van der Waals surface area contributed by atoms with E-state index in [2.05, 4.69) is 5.10 Å². The van der Waals surface area contributed by atoms with Gasteiger partial charge in [0.05, 0.1) is 29.2 Å². The van der Waals surface area contributed by atoms with E-state index in [-0.39, 0.29) is 53.0 Å². The minimum absolute atomic E-state index is 0.0109. The summed E-state index contributed by atoms with van der Waals surface area (Å²) < 4.78 is 6.89. The maximum absolute atomic E-state index is 11.2. The number of hydrogen-bond donors (Lipinski definition) is 2. The number of para-hydroxylation sites is 1. The lowest BCUT2D eigenvalue weighted by molar-refractivity contribution is -0.384. The van der Waals surface area contributed by atoms with Gasteiger partial charge in [0.15, 0.2) is 0 Å². The van der Waals surface area contributed by atoms with Crippen molar-refractivity contribution in [2.45, 2.75) is 6.54 Å². The molecule has 0 saturated heterocycles. The number of hydrogen-bond acceptors (Lipinski definition) is 8. The number of nitrogens with two attached hydrogens (primary N) is 1. The number of allylic oxidation sites excluding steroid dienone is 1. The van der Waals surface area contributed by atoms with E-state index in [0.29, 0.717) is 5.56 Å². The van der Waals surface area contributed by atoms with E-state index in [1.54, 1.807) is 30.3 Å². The molecule has 0 fully saturated rings. The second-order valence-electron chi connectivity index (χ2n) is 5.81. The Bertz CT molecular complexity index is 1190. The lowest BCUT2D eigenvalue weighted by Gasteiger charge is -1.99. The molecular weight excluding hydrogens is 376 g/mol. The quantitative estimate of drug-likeness (QED) is 0.367. The Hall–Kier alpha value is -4.41. The van der Waals surface area contributed by atoms with Crippen LogP contribution in [0.4, 0.5) is 11.5 Å². The van der Waals surface area contributed by atoms with Gasteiger partial charge in [0, 0.05) is 12.1 Å². The zero-order valence-corrected chi connectivity index (χ0v) is 14.9. The molecular formula is C19H14N6O4. The molecule has 0 amide bonds. The molecule has 3 aromatic rings. The lowest BCUT2D eigenvalue weighted by Crippen LogP contribution is -2.07.